The van der Waals surface area contributed by atoms with Crippen LogP contribution in [-0.4, -0.2) is 7.05 Å². The largest absolute Gasteiger partial charge is 0.472 e. The van der Waals surface area contributed by atoms with Gasteiger partial charge in [-0.2, -0.15) is 0 Å². The molecule has 1 heterocycles. The van der Waals surface area contributed by atoms with Crippen molar-refractivity contribution >= 4 is 23.2 Å². The van der Waals surface area contributed by atoms with Crippen LogP contribution in [0.15, 0.2) is 41.2 Å². The Kier molecular flexibility index (Phi) is 4.11. The van der Waals surface area contributed by atoms with E-state index >= 15 is 0 Å². The molecule has 0 bridgehead atoms. The van der Waals surface area contributed by atoms with Crippen molar-refractivity contribution in [3.05, 3.63) is 58.0 Å². The van der Waals surface area contributed by atoms with Gasteiger partial charge in [0.1, 0.15) is 0 Å². The molecular weight excluding hydrogens is 257 g/mol. The molecule has 0 fully saturated rings. The molecule has 1 atom stereocenters. The van der Waals surface area contributed by atoms with E-state index in [0.717, 1.165) is 17.5 Å². The molecule has 1 N–H and O–H groups in total. The van der Waals surface area contributed by atoms with Crippen molar-refractivity contribution < 1.29 is 4.42 Å². The topological polar surface area (TPSA) is 25.2 Å². The van der Waals surface area contributed by atoms with E-state index in [1.165, 1.54) is 0 Å². The smallest absolute Gasteiger partial charge is 0.0935 e. The molecule has 0 aliphatic heterocycles. The maximum Gasteiger partial charge on any atom is 0.0935 e. The van der Waals surface area contributed by atoms with Crippen LogP contribution in [0.1, 0.15) is 17.2 Å². The SMILES string of the molecule is CNC(Cc1ccoc1)c1c(Cl)cccc1Cl. The van der Waals surface area contributed by atoms with E-state index in [-0.39, 0.29) is 6.04 Å². The molecule has 2 rings (SSSR count). The Morgan fingerprint density at radius 1 is 1.24 bits per heavy atom. The van der Waals surface area contributed by atoms with E-state index in [2.05, 4.69) is 5.32 Å². The average Bonchev–Trinajstić information content (AvgIpc) is 2.80. The molecule has 0 radical (unpaired) electrons. The molecule has 0 amide bonds. The lowest BCUT2D eigenvalue weighted by Gasteiger charge is -2.18. The third-order valence-electron chi connectivity index (χ3n) is 2.72. The summed E-state index contributed by atoms with van der Waals surface area (Å²) in [5.74, 6) is 0. The van der Waals surface area contributed by atoms with Crippen molar-refractivity contribution in [1.82, 2.24) is 5.32 Å². The zero-order valence-electron chi connectivity index (χ0n) is 9.41. The first-order valence-corrected chi connectivity index (χ1v) is 6.10. The Morgan fingerprint density at radius 3 is 2.47 bits per heavy atom. The van der Waals surface area contributed by atoms with Crippen molar-refractivity contribution in [2.24, 2.45) is 0 Å². The van der Waals surface area contributed by atoms with Gasteiger partial charge >= 0.3 is 0 Å². The monoisotopic (exact) mass is 269 g/mol. The third kappa shape index (κ3) is 2.83. The van der Waals surface area contributed by atoms with E-state index in [9.17, 15) is 0 Å². The predicted molar refractivity (Wildman–Crippen MR) is 70.7 cm³/mol. The van der Waals surface area contributed by atoms with Gasteiger partial charge in [0.15, 0.2) is 0 Å². The molecule has 0 aliphatic rings. The minimum absolute atomic E-state index is 0.0776. The first kappa shape index (κ1) is 12.5. The summed E-state index contributed by atoms with van der Waals surface area (Å²) >= 11 is 12.4. The lowest BCUT2D eigenvalue weighted by Crippen LogP contribution is -2.19. The fraction of sp³-hybridized carbons (Fsp3) is 0.231. The number of hydrogen-bond acceptors (Lipinski definition) is 2. The summed E-state index contributed by atoms with van der Waals surface area (Å²) < 4.78 is 5.06. The molecule has 2 nitrogen and oxygen atoms in total. The second-order valence-electron chi connectivity index (χ2n) is 3.81. The minimum Gasteiger partial charge on any atom is -0.472 e. The number of furan rings is 1. The van der Waals surface area contributed by atoms with E-state index in [0.29, 0.717) is 10.0 Å². The van der Waals surface area contributed by atoms with Crippen molar-refractivity contribution in [1.29, 1.82) is 0 Å². The maximum absolute atomic E-state index is 6.20. The molecule has 0 spiro atoms. The number of nitrogens with one attached hydrogen (secondary N) is 1. The van der Waals surface area contributed by atoms with Gasteiger partial charge in [-0.25, -0.2) is 0 Å². The zero-order chi connectivity index (χ0) is 12.3. The van der Waals surface area contributed by atoms with Crippen molar-refractivity contribution in [3.8, 4) is 0 Å². The van der Waals surface area contributed by atoms with Crippen LogP contribution in [0.25, 0.3) is 0 Å². The van der Waals surface area contributed by atoms with Gasteiger partial charge in [0, 0.05) is 21.7 Å². The molecule has 1 unspecified atom stereocenters. The minimum atomic E-state index is 0.0776. The van der Waals surface area contributed by atoms with Crippen molar-refractivity contribution in [3.63, 3.8) is 0 Å². The van der Waals surface area contributed by atoms with Gasteiger partial charge in [0.05, 0.1) is 12.5 Å². The Labute approximate surface area is 111 Å². The number of rotatable bonds is 4. The van der Waals surface area contributed by atoms with Crippen LogP contribution in [0, 0.1) is 0 Å². The van der Waals surface area contributed by atoms with Gasteiger partial charge in [-0.3, -0.25) is 0 Å². The number of halogens is 2. The van der Waals surface area contributed by atoms with Crippen LogP contribution in [0.2, 0.25) is 10.0 Å². The number of hydrogen-bond donors (Lipinski definition) is 1. The van der Waals surface area contributed by atoms with E-state index < -0.39 is 0 Å². The summed E-state index contributed by atoms with van der Waals surface area (Å²) in [5, 5.41) is 4.59. The molecule has 2 aromatic rings. The summed E-state index contributed by atoms with van der Waals surface area (Å²) in [6, 6.07) is 7.56. The van der Waals surface area contributed by atoms with Crippen LogP contribution in [0.4, 0.5) is 0 Å². The lowest BCUT2D eigenvalue weighted by atomic mass is 10.0. The molecule has 0 saturated heterocycles. The standard InChI is InChI=1S/C13H13Cl2NO/c1-16-12(7-9-5-6-17-8-9)13-10(14)3-2-4-11(13)15/h2-6,8,12,16H,7H2,1H3. The van der Waals surface area contributed by atoms with Crippen molar-refractivity contribution in [2.45, 2.75) is 12.5 Å². The fourth-order valence-electron chi connectivity index (χ4n) is 1.84. The molecular formula is C13H13Cl2NO. The van der Waals surface area contributed by atoms with E-state index in [1.807, 2.05) is 31.3 Å². The highest BCUT2D eigenvalue weighted by molar-refractivity contribution is 6.36. The summed E-state index contributed by atoms with van der Waals surface area (Å²) in [5.41, 5.74) is 2.04. The van der Waals surface area contributed by atoms with Gasteiger partial charge in [0.2, 0.25) is 0 Å². The molecule has 90 valence electrons. The average molecular weight is 270 g/mol. The second kappa shape index (κ2) is 5.58. The third-order valence-corrected chi connectivity index (χ3v) is 3.38. The molecule has 0 saturated carbocycles. The molecule has 1 aromatic heterocycles. The van der Waals surface area contributed by atoms with Gasteiger partial charge in [0.25, 0.3) is 0 Å². The van der Waals surface area contributed by atoms with Gasteiger partial charge in [-0.15, -0.1) is 0 Å². The first-order valence-electron chi connectivity index (χ1n) is 5.34. The molecule has 0 aliphatic carbocycles. The summed E-state index contributed by atoms with van der Waals surface area (Å²) in [4.78, 5) is 0. The van der Waals surface area contributed by atoms with Gasteiger partial charge in [-0.1, -0.05) is 29.3 Å². The van der Waals surface area contributed by atoms with Gasteiger partial charge < -0.3 is 9.73 Å². The van der Waals surface area contributed by atoms with Crippen LogP contribution >= 0.6 is 23.2 Å². The van der Waals surface area contributed by atoms with Crippen LogP contribution < -0.4 is 5.32 Å². The lowest BCUT2D eigenvalue weighted by molar-refractivity contribution is 0.552. The van der Waals surface area contributed by atoms with E-state index in [4.69, 9.17) is 27.6 Å². The molecule has 17 heavy (non-hydrogen) atoms. The highest BCUT2D eigenvalue weighted by Gasteiger charge is 2.17. The number of likely N-dealkylation sites (N-methyl/N-ethyl adjacent to an activating group) is 1. The van der Waals surface area contributed by atoms with Crippen LogP contribution in [-0.2, 0) is 6.42 Å². The predicted octanol–water partition coefficient (Wildman–Crippen LogP) is 4.09. The van der Waals surface area contributed by atoms with E-state index in [1.54, 1.807) is 12.5 Å². The fourth-order valence-corrected chi connectivity index (χ4v) is 2.50. The summed E-state index contributed by atoms with van der Waals surface area (Å²) in [6.07, 6.45) is 4.18. The van der Waals surface area contributed by atoms with Crippen molar-refractivity contribution in [2.75, 3.05) is 7.05 Å². The summed E-state index contributed by atoms with van der Waals surface area (Å²) in [6.45, 7) is 0. The molecule has 4 heteroatoms. The highest BCUT2D eigenvalue weighted by atomic mass is 35.5. The Morgan fingerprint density at radius 2 is 1.94 bits per heavy atom. The Balaban J connectivity index is 2.29. The first-order chi connectivity index (χ1) is 8.22. The normalized spacial score (nSPS) is 12.6. The number of benzene rings is 1. The zero-order valence-corrected chi connectivity index (χ0v) is 10.9. The Hall–Kier alpha value is -0.960. The molecule has 1 aromatic carbocycles. The second-order valence-corrected chi connectivity index (χ2v) is 4.63. The Bertz CT molecular complexity index is 462. The van der Waals surface area contributed by atoms with Gasteiger partial charge in [-0.05, 0) is 37.2 Å². The summed E-state index contributed by atoms with van der Waals surface area (Å²) in [7, 11) is 1.89. The van der Waals surface area contributed by atoms with Crippen LogP contribution in [0.3, 0.4) is 0 Å². The highest BCUT2D eigenvalue weighted by Crippen LogP contribution is 2.31. The maximum atomic E-state index is 6.20. The quantitative estimate of drug-likeness (QED) is 0.905. The van der Waals surface area contributed by atoms with Crippen LogP contribution in [0.5, 0.6) is 0 Å².